The fourth-order valence-electron chi connectivity index (χ4n) is 3.62. The molecule has 0 spiro atoms. The van der Waals surface area contributed by atoms with Crippen LogP contribution in [0.3, 0.4) is 0 Å². The molecule has 0 radical (unpaired) electrons. The van der Waals surface area contributed by atoms with Gasteiger partial charge in [0, 0.05) is 30.4 Å². The molecule has 23 heavy (non-hydrogen) atoms. The lowest BCUT2D eigenvalue weighted by atomic mass is 10.0. The molecule has 6 heteroatoms. The average Bonchev–Trinajstić information content (AvgIpc) is 3.01. The van der Waals surface area contributed by atoms with Crippen LogP contribution in [0.1, 0.15) is 42.3 Å². The Morgan fingerprint density at radius 3 is 2.78 bits per heavy atom. The molecule has 1 N–H and O–H groups in total. The zero-order valence-corrected chi connectivity index (χ0v) is 14.0. The average molecular weight is 315 g/mol. The van der Waals surface area contributed by atoms with Crippen LogP contribution in [0.5, 0.6) is 0 Å². The van der Waals surface area contributed by atoms with Gasteiger partial charge in [-0.25, -0.2) is 4.98 Å². The van der Waals surface area contributed by atoms with E-state index in [9.17, 15) is 0 Å². The maximum absolute atomic E-state index is 5.51. The molecule has 2 aromatic rings. The van der Waals surface area contributed by atoms with Crippen molar-refractivity contribution in [3.8, 4) is 0 Å². The van der Waals surface area contributed by atoms with Gasteiger partial charge in [-0.1, -0.05) is 6.42 Å². The first-order valence-electron chi connectivity index (χ1n) is 8.67. The summed E-state index contributed by atoms with van der Waals surface area (Å²) in [5.41, 5.74) is 4.38. The van der Waals surface area contributed by atoms with E-state index in [-0.39, 0.29) is 0 Å². The van der Waals surface area contributed by atoms with Crippen molar-refractivity contribution >= 4 is 11.5 Å². The van der Waals surface area contributed by atoms with Gasteiger partial charge in [0.25, 0.3) is 0 Å². The van der Waals surface area contributed by atoms with Gasteiger partial charge in [-0.15, -0.1) is 0 Å². The van der Waals surface area contributed by atoms with E-state index in [0.717, 1.165) is 56.3 Å². The van der Waals surface area contributed by atoms with Gasteiger partial charge in [0.15, 0.2) is 5.65 Å². The topological polar surface area (TPSA) is 54.7 Å². The van der Waals surface area contributed by atoms with E-state index >= 15 is 0 Å². The quantitative estimate of drug-likeness (QED) is 0.918. The number of hydrogen-bond donors (Lipinski definition) is 1. The zero-order valence-electron chi connectivity index (χ0n) is 14.0. The van der Waals surface area contributed by atoms with Crippen molar-refractivity contribution in [2.24, 2.45) is 0 Å². The van der Waals surface area contributed by atoms with Gasteiger partial charge in [0.2, 0.25) is 0 Å². The van der Waals surface area contributed by atoms with Crippen LogP contribution in [0.15, 0.2) is 6.07 Å². The number of rotatable bonds is 2. The number of fused-ring (bicyclic) bond motifs is 1. The Bertz CT molecular complexity index is 699. The van der Waals surface area contributed by atoms with E-state index in [1.807, 2.05) is 4.52 Å². The summed E-state index contributed by atoms with van der Waals surface area (Å²) in [7, 11) is 0. The lowest BCUT2D eigenvalue weighted by molar-refractivity contribution is 0.122. The Kier molecular flexibility index (Phi) is 3.95. The minimum Gasteiger partial charge on any atom is -0.378 e. The smallest absolute Gasteiger partial charge is 0.157 e. The van der Waals surface area contributed by atoms with Crippen LogP contribution in [0, 0.1) is 13.8 Å². The largest absolute Gasteiger partial charge is 0.378 e. The summed E-state index contributed by atoms with van der Waals surface area (Å²) >= 11 is 0. The molecular weight excluding hydrogens is 290 g/mol. The second-order valence-corrected chi connectivity index (χ2v) is 6.59. The van der Waals surface area contributed by atoms with E-state index in [2.05, 4.69) is 30.1 Å². The van der Waals surface area contributed by atoms with Gasteiger partial charge in [-0.05, 0) is 33.2 Å². The normalized spacial score (nSPS) is 22.7. The molecule has 0 saturated carbocycles. The molecule has 4 rings (SSSR count). The number of nitrogens with zero attached hydrogens (tertiary/aromatic N) is 4. The maximum atomic E-state index is 5.51. The van der Waals surface area contributed by atoms with Crippen molar-refractivity contribution in [3.63, 3.8) is 0 Å². The van der Waals surface area contributed by atoms with Gasteiger partial charge in [0.05, 0.1) is 24.9 Å². The number of aromatic nitrogens is 3. The van der Waals surface area contributed by atoms with Crippen LogP contribution in [-0.4, -0.2) is 47.4 Å². The van der Waals surface area contributed by atoms with Crippen LogP contribution in [-0.2, 0) is 4.74 Å². The van der Waals surface area contributed by atoms with Gasteiger partial charge in [-0.3, -0.25) is 0 Å². The summed E-state index contributed by atoms with van der Waals surface area (Å²) < 4.78 is 7.55. The van der Waals surface area contributed by atoms with Gasteiger partial charge in [0.1, 0.15) is 5.82 Å². The van der Waals surface area contributed by atoms with Gasteiger partial charge >= 0.3 is 0 Å². The van der Waals surface area contributed by atoms with Gasteiger partial charge < -0.3 is 15.0 Å². The van der Waals surface area contributed by atoms with Crippen molar-refractivity contribution in [1.29, 1.82) is 0 Å². The monoisotopic (exact) mass is 315 g/mol. The van der Waals surface area contributed by atoms with Crippen molar-refractivity contribution in [1.82, 2.24) is 19.9 Å². The van der Waals surface area contributed by atoms with E-state index in [1.54, 1.807) is 0 Å². The SMILES string of the molecule is Cc1nc2cc([C@@H]3CCCCN3)nn2c(N2CCOCC2)c1C. The zero-order chi connectivity index (χ0) is 15.8. The van der Waals surface area contributed by atoms with Crippen molar-refractivity contribution < 1.29 is 4.74 Å². The molecule has 0 unspecified atom stereocenters. The van der Waals surface area contributed by atoms with E-state index in [4.69, 9.17) is 14.8 Å². The molecule has 124 valence electrons. The Balaban J connectivity index is 1.79. The molecule has 2 aliphatic heterocycles. The standard InChI is InChI=1S/C17H25N5O/c1-12-13(2)19-16-11-15(14-5-3-4-6-18-14)20-22(16)17(12)21-7-9-23-10-8-21/h11,14,18H,3-10H2,1-2H3/t14-/m0/s1. The van der Waals surface area contributed by atoms with E-state index in [0.29, 0.717) is 6.04 Å². The van der Waals surface area contributed by atoms with E-state index in [1.165, 1.54) is 24.2 Å². The highest BCUT2D eigenvalue weighted by molar-refractivity contribution is 5.57. The molecule has 4 heterocycles. The first-order valence-corrected chi connectivity index (χ1v) is 8.67. The number of nitrogens with one attached hydrogen (secondary N) is 1. The number of piperidine rings is 1. The molecule has 6 nitrogen and oxygen atoms in total. The number of ether oxygens (including phenoxy) is 1. The van der Waals surface area contributed by atoms with Crippen LogP contribution in [0.2, 0.25) is 0 Å². The minimum absolute atomic E-state index is 0.364. The highest BCUT2D eigenvalue weighted by Gasteiger charge is 2.23. The van der Waals surface area contributed by atoms with Crippen LogP contribution < -0.4 is 10.2 Å². The summed E-state index contributed by atoms with van der Waals surface area (Å²) in [6, 6.07) is 2.52. The lowest BCUT2D eigenvalue weighted by Gasteiger charge is -2.30. The van der Waals surface area contributed by atoms with Crippen molar-refractivity contribution in [2.45, 2.75) is 39.2 Å². The second-order valence-electron chi connectivity index (χ2n) is 6.59. The van der Waals surface area contributed by atoms with E-state index < -0.39 is 0 Å². The third-order valence-electron chi connectivity index (χ3n) is 5.05. The maximum Gasteiger partial charge on any atom is 0.157 e. The summed E-state index contributed by atoms with van der Waals surface area (Å²) in [4.78, 5) is 7.14. The molecule has 2 saturated heterocycles. The molecule has 0 bridgehead atoms. The minimum atomic E-state index is 0.364. The highest BCUT2D eigenvalue weighted by Crippen LogP contribution is 2.28. The summed E-state index contributed by atoms with van der Waals surface area (Å²) in [5.74, 6) is 1.18. The lowest BCUT2D eigenvalue weighted by Crippen LogP contribution is -2.38. The molecule has 2 aliphatic rings. The molecule has 1 atom stereocenters. The number of aryl methyl sites for hydroxylation is 1. The number of morpholine rings is 1. The number of hydrogen-bond acceptors (Lipinski definition) is 5. The highest BCUT2D eigenvalue weighted by atomic mass is 16.5. The third-order valence-corrected chi connectivity index (χ3v) is 5.05. The van der Waals surface area contributed by atoms with Crippen molar-refractivity contribution in [3.05, 3.63) is 23.0 Å². The summed E-state index contributed by atoms with van der Waals surface area (Å²) in [6.45, 7) is 8.70. The van der Waals surface area contributed by atoms with Crippen LogP contribution in [0.4, 0.5) is 5.82 Å². The third kappa shape index (κ3) is 2.70. The van der Waals surface area contributed by atoms with Crippen LogP contribution >= 0.6 is 0 Å². The molecular formula is C17H25N5O. The fourth-order valence-corrected chi connectivity index (χ4v) is 3.62. The Morgan fingerprint density at radius 2 is 2.04 bits per heavy atom. The molecule has 0 aromatic carbocycles. The molecule has 2 aromatic heterocycles. The first-order chi connectivity index (χ1) is 11.2. The Morgan fingerprint density at radius 1 is 1.22 bits per heavy atom. The molecule has 0 aliphatic carbocycles. The Hall–Kier alpha value is -1.66. The predicted octanol–water partition coefficient (Wildman–Crippen LogP) is 2.00. The van der Waals surface area contributed by atoms with Crippen molar-refractivity contribution in [2.75, 3.05) is 37.7 Å². The number of anilines is 1. The summed E-state index contributed by atoms with van der Waals surface area (Å²) in [5, 5.41) is 8.51. The fraction of sp³-hybridized carbons (Fsp3) is 0.647. The predicted molar refractivity (Wildman–Crippen MR) is 90.1 cm³/mol. The summed E-state index contributed by atoms with van der Waals surface area (Å²) in [6.07, 6.45) is 3.70. The van der Waals surface area contributed by atoms with Gasteiger partial charge in [-0.2, -0.15) is 9.61 Å². The molecule has 2 fully saturated rings. The Labute approximate surface area is 136 Å². The van der Waals surface area contributed by atoms with Crippen LogP contribution in [0.25, 0.3) is 5.65 Å². The second kappa shape index (κ2) is 6.09. The first kappa shape index (κ1) is 14.9. The molecule has 0 amide bonds.